The summed E-state index contributed by atoms with van der Waals surface area (Å²) >= 11 is 0. The molecule has 0 atom stereocenters. The largest absolute Gasteiger partial charge is 0.365 e. The molecule has 0 saturated heterocycles. The maximum absolute atomic E-state index is 11.9. The van der Waals surface area contributed by atoms with Crippen LogP contribution in [0.15, 0.2) is 60.9 Å². The summed E-state index contributed by atoms with van der Waals surface area (Å²) in [5, 5.41) is 5.87. The first-order valence-electron chi connectivity index (χ1n) is 9.42. The average Bonchev–Trinajstić information content (AvgIpc) is 2.77. The van der Waals surface area contributed by atoms with Crippen molar-refractivity contribution in [1.29, 1.82) is 0 Å². The predicted octanol–water partition coefficient (Wildman–Crippen LogP) is 3.01. The van der Waals surface area contributed by atoms with Gasteiger partial charge in [-0.1, -0.05) is 30.3 Å². The maximum atomic E-state index is 11.9. The SMILES string of the molecule is CNC(=O)c1cccnc1NCc1ccc(N2CCc3ccccc3C2)nc1. The number of fused-ring (bicyclic) bond motifs is 1. The van der Waals surface area contributed by atoms with Gasteiger partial charge < -0.3 is 15.5 Å². The van der Waals surface area contributed by atoms with Crippen LogP contribution in [0.3, 0.4) is 0 Å². The number of amides is 1. The molecule has 1 aliphatic rings. The molecule has 1 aliphatic heterocycles. The Morgan fingerprint density at radius 1 is 1.07 bits per heavy atom. The van der Waals surface area contributed by atoms with E-state index in [0.717, 1.165) is 30.9 Å². The highest BCUT2D eigenvalue weighted by molar-refractivity contribution is 5.98. The molecule has 3 aromatic rings. The third kappa shape index (κ3) is 3.81. The van der Waals surface area contributed by atoms with E-state index in [0.29, 0.717) is 17.9 Å². The number of hydrogen-bond donors (Lipinski definition) is 2. The number of rotatable bonds is 5. The average molecular weight is 373 g/mol. The molecule has 0 bridgehead atoms. The van der Waals surface area contributed by atoms with E-state index in [1.807, 2.05) is 6.20 Å². The van der Waals surface area contributed by atoms with Crippen molar-refractivity contribution >= 4 is 17.5 Å². The lowest BCUT2D eigenvalue weighted by molar-refractivity contribution is 0.0963. The van der Waals surface area contributed by atoms with Gasteiger partial charge in [0, 0.05) is 39.1 Å². The minimum Gasteiger partial charge on any atom is -0.365 e. The Labute approximate surface area is 164 Å². The molecule has 0 saturated carbocycles. The van der Waals surface area contributed by atoms with E-state index in [4.69, 9.17) is 0 Å². The second kappa shape index (κ2) is 8.08. The molecule has 0 radical (unpaired) electrons. The molecule has 0 unspecified atom stereocenters. The first kappa shape index (κ1) is 18.0. The number of anilines is 2. The summed E-state index contributed by atoms with van der Waals surface area (Å²) in [5.74, 6) is 1.40. The van der Waals surface area contributed by atoms with E-state index < -0.39 is 0 Å². The topological polar surface area (TPSA) is 70.2 Å². The fourth-order valence-corrected chi connectivity index (χ4v) is 3.45. The number of carbonyl (C=O) groups excluding carboxylic acids is 1. The molecular weight excluding hydrogens is 350 g/mol. The van der Waals surface area contributed by atoms with Gasteiger partial charge in [0.2, 0.25) is 0 Å². The van der Waals surface area contributed by atoms with Crippen molar-refractivity contribution in [3.8, 4) is 0 Å². The zero-order valence-corrected chi connectivity index (χ0v) is 15.9. The molecule has 4 rings (SSSR count). The molecule has 0 aliphatic carbocycles. The summed E-state index contributed by atoms with van der Waals surface area (Å²) in [6.45, 7) is 2.42. The number of nitrogens with one attached hydrogen (secondary N) is 2. The monoisotopic (exact) mass is 373 g/mol. The van der Waals surface area contributed by atoms with Crippen LogP contribution in [-0.4, -0.2) is 29.5 Å². The number of nitrogens with zero attached hydrogens (tertiary/aromatic N) is 3. The Morgan fingerprint density at radius 3 is 2.71 bits per heavy atom. The number of hydrogen-bond acceptors (Lipinski definition) is 5. The third-order valence-electron chi connectivity index (χ3n) is 5.00. The van der Waals surface area contributed by atoms with Crippen LogP contribution in [0.2, 0.25) is 0 Å². The fraction of sp³-hybridized carbons (Fsp3) is 0.227. The number of pyridine rings is 2. The van der Waals surface area contributed by atoms with Gasteiger partial charge in [-0.3, -0.25) is 4.79 Å². The fourth-order valence-electron chi connectivity index (χ4n) is 3.45. The summed E-state index contributed by atoms with van der Waals surface area (Å²) in [7, 11) is 1.61. The van der Waals surface area contributed by atoms with Crippen LogP contribution < -0.4 is 15.5 Å². The first-order valence-corrected chi connectivity index (χ1v) is 9.42. The third-order valence-corrected chi connectivity index (χ3v) is 5.00. The van der Waals surface area contributed by atoms with E-state index in [1.54, 1.807) is 25.4 Å². The Bertz CT molecular complexity index is 971. The molecule has 6 heteroatoms. The molecule has 1 amide bonds. The van der Waals surface area contributed by atoms with Gasteiger partial charge in [-0.2, -0.15) is 0 Å². The van der Waals surface area contributed by atoms with Crippen LogP contribution in [-0.2, 0) is 19.5 Å². The zero-order valence-electron chi connectivity index (χ0n) is 15.9. The van der Waals surface area contributed by atoms with Gasteiger partial charge in [-0.25, -0.2) is 9.97 Å². The van der Waals surface area contributed by atoms with Crippen LogP contribution in [0, 0.1) is 0 Å². The lowest BCUT2D eigenvalue weighted by Crippen LogP contribution is -2.30. The molecule has 6 nitrogen and oxygen atoms in total. The first-order chi connectivity index (χ1) is 13.7. The highest BCUT2D eigenvalue weighted by Crippen LogP contribution is 2.23. The Hall–Kier alpha value is -3.41. The summed E-state index contributed by atoms with van der Waals surface area (Å²) in [4.78, 5) is 23.2. The van der Waals surface area contributed by atoms with Crippen LogP contribution in [0.4, 0.5) is 11.6 Å². The lowest BCUT2D eigenvalue weighted by atomic mass is 10.00. The Kier molecular flexibility index (Phi) is 5.19. The molecular formula is C22H23N5O. The summed E-state index contributed by atoms with van der Waals surface area (Å²) in [5.41, 5.74) is 4.37. The number of carbonyl (C=O) groups is 1. The second-order valence-electron chi connectivity index (χ2n) is 6.80. The maximum Gasteiger partial charge on any atom is 0.254 e. The van der Waals surface area contributed by atoms with Crippen molar-refractivity contribution in [1.82, 2.24) is 15.3 Å². The summed E-state index contributed by atoms with van der Waals surface area (Å²) in [6.07, 6.45) is 4.60. The molecule has 1 aromatic carbocycles. The number of aromatic nitrogens is 2. The van der Waals surface area contributed by atoms with Gasteiger partial charge in [0.15, 0.2) is 0 Å². The van der Waals surface area contributed by atoms with Crippen LogP contribution in [0.5, 0.6) is 0 Å². The van der Waals surface area contributed by atoms with E-state index in [2.05, 4.69) is 61.9 Å². The second-order valence-corrected chi connectivity index (χ2v) is 6.80. The van der Waals surface area contributed by atoms with Crippen molar-refractivity contribution < 1.29 is 4.79 Å². The quantitative estimate of drug-likeness (QED) is 0.719. The van der Waals surface area contributed by atoms with Crippen LogP contribution >= 0.6 is 0 Å². The Morgan fingerprint density at radius 2 is 1.93 bits per heavy atom. The molecule has 28 heavy (non-hydrogen) atoms. The van der Waals surface area contributed by atoms with Gasteiger partial charge in [0.05, 0.1) is 5.56 Å². The predicted molar refractivity (Wildman–Crippen MR) is 110 cm³/mol. The molecule has 142 valence electrons. The smallest absolute Gasteiger partial charge is 0.254 e. The minimum absolute atomic E-state index is 0.158. The van der Waals surface area contributed by atoms with Gasteiger partial charge >= 0.3 is 0 Å². The van der Waals surface area contributed by atoms with Gasteiger partial charge in [0.25, 0.3) is 5.91 Å². The van der Waals surface area contributed by atoms with Crippen LogP contribution in [0.25, 0.3) is 0 Å². The number of benzene rings is 1. The standard InChI is InChI=1S/C22H23N5O/c1-23-22(28)19-7-4-11-24-21(19)26-14-16-8-9-20(25-13-16)27-12-10-17-5-2-3-6-18(17)15-27/h2-9,11,13H,10,12,14-15H2,1H3,(H,23,28)(H,24,26). The molecule has 2 aromatic heterocycles. The highest BCUT2D eigenvalue weighted by atomic mass is 16.1. The molecule has 3 heterocycles. The highest BCUT2D eigenvalue weighted by Gasteiger charge is 2.17. The molecule has 0 spiro atoms. The van der Waals surface area contributed by atoms with Gasteiger partial charge in [-0.15, -0.1) is 0 Å². The Balaban J connectivity index is 1.42. The van der Waals surface area contributed by atoms with Crippen molar-refractivity contribution in [2.24, 2.45) is 0 Å². The molecule has 0 fully saturated rings. The van der Waals surface area contributed by atoms with E-state index in [-0.39, 0.29) is 5.91 Å². The van der Waals surface area contributed by atoms with Gasteiger partial charge in [0.1, 0.15) is 11.6 Å². The van der Waals surface area contributed by atoms with E-state index in [1.165, 1.54) is 11.1 Å². The normalized spacial score (nSPS) is 13.0. The molecule has 2 N–H and O–H groups in total. The minimum atomic E-state index is -0.158. The van der Waals surface area contributed by atoms with Crippen molar-refractivity contribution in [2.75, 3.05) is 23.8 Å². The lowest BCUT2D eigenvalue weighted by Gasteiger charge is -2.29. The van der Waals surface area contributed by atoms with Crippen molar-refractivity contribution in [3.63, 3.8) is 0 Å². The van der Waals surface area contributed by atoms with Crippen molar-refractivity contribution in [2.45, 2.75) is 19.5 Å². The zero-order chi connectivity index (χ0) is 19.3. The van der Waals surface area contributed by atoms with Crippen molar-refractivity contribution in [3.05, 3.63) is 83.2 Å². The van der Waals surface area contributed by atoms with Crippen LogP contribution in [0.1, 0.15) is 27.0 Å². The van der Waals surface area contributed by atoms with E-state index >= 15 is 0 Å². The van der Waals surface area contributed by atoms with Gasteiger partial charge in [-0.05, 0) is 41.3 Å². The summed E-state index contributed by atoms with van der Waals surface area (Å²) < 4.78 is 0. The van der Waals surface area contributed by atoms with E-state index in [9.17, 15) is 4.79 Å². The summed E-state index contributed by atoms with van der Waals surface area (Å²) in [6, 6.07) is 16.2.